The molecule has 0 fully saturated rings. The van der Waals surface area contributed by atoms with Crippen LogP contribution in [0, 0.1) is 13.8 Å². The van der Waals surface area contributed by atoms with Gasteiger partial charge in [-0.2, -0.15) is 10.1 Å². The number of hydrogen-bond acceptors (Lipinski definition) is 6. The van der Waals surface area contributed by atoms with E-state index in [2.05, 4.69) is 10.3 Å². The molecule has 0 unspecified atom stereocenters. The Bertz CT molecular complexity index is 1440. The number of aryl methyl sites for hydroxylation is 2. The average molecular weight is 547 g/mol. The summed E-state index contributed by atoms with van der Waals surface area (Å²) in [4.78, 5) is 29.9. The largest absolute Gasteiger partial charge is 0.497 e. The standard InChI is InChI=1S/C29H27ClN4O3S/c1-17-4-11-22(14-18(17)2)31-27(35)16-26-28(36)32-29(38-26)34-25(20-5-9-21(30)10-6-20)15-24(33-34)19-7-12-23(37-3)13-8-19/h4-14,25-26H,15-16H2,1-3H3,(H,31,35)/t25-,26+/m0/s1. The quantitative estimate of drug-likeness (QED) is 0.401. The van der Waals surface area contributed by atoms with E-state index in [1.807, 2.05) is 80.6 Å². The number of hydrazone groups is 1. The molecule has 0 spiro atoms. The van der Waals surface area contributed by atoms with Gasteiger partial charge in [0.05, 0.1) is 18.9 Å². The van der Waals surface area contributed by atoms with E-state index in [1.54, 1.807) is 12.1 Å². The van der Waals surface area contributed by atoms with Crippen LogP contribution in [0.25, 0.3) is 0 Å². The SMILES string of the molecule is COc1ccc(C2=NN(C3=NC(=O)[C@@H](CC(=O)Nc4ccc(C)c(C)c4)S3)[C@H](c3ccc(Cl)cc3)C2)cc1. The summed E-state index contributed by atoms with van der Waals surface area (Å²) in [6.07, 6.45) is 0.650. The van der Waals surface area contributed by atoms with Crippen LogP contribution in [0.4, 0.5) is 5.69 Å². The van der Waals surface area contributed by atoms with Crippen LogP contribution in [0.5, 0.6) is 5.75 Å². The highest BCUT2D eigenvalue weighted by Gasteiger charge is 2.39. The van der Waals surface area contributed by atoms with E-state index in [0.29, 0.717) is 22.3 Å². The molecule has 3 aromatic rings. The maximum absolute atomic E-state index is 12.8. The Morgan fingerprint density at radius 3 is 2.50 bits per heavy atom. The second kappa shape index (κ2) is 11.0. The van der Waals surface area contributed by atoms with Crippen LogP contribution in [0.3, 0.4) is 0 Å². The Labute approximate surface area is 230 Å². The third-order valence-corrected chi connectivity index (χ3v) is 8.07. The molecule has 1 N–H and O–H groups in total. The number of amides is 2. The molecule has 38 heavy (non-hydrogen) atoms. The van der Waals surface area contributed by atoms with Gasteiger partial charge in [-0.1, -0.05) is 41.6 Å². The van der Waals surface area contributed by atoms with Crippen molar-refractivity contribution in [2.24, 2.45) is 10.1 Å². The summed E-state index contributed by atoms with van der Waals surface area (Å²) in [6, 6.07) is 20.9. The zero-order valence-electron chi connectivity index (χ0n) is 21.3. The van der Waals surface area contributed by atoms with Gasteiger partial charge in [0.25, 0.3) is 5.91 Å². The summed E-state index contributed by atoms with van der Waals surface area (Å²) in [5.41, 5.74) is 5.80. The lowest BCUT2D eigenvalue weighted by Crippen LogP contribution is -2.25. The van der Waals surface area contributed by atoms with E-state index < -0.39 is 5.25 Å². The normalized spacial score (nSPS) is 18.8. The summed E-state index contributed by atoms with van der Waals surface area (Å²) < 4.78 is 5.28. The minimum Gasteiger partial charge on any atom is -0.497 e. The number of carbonyl (C=O) groups is 2. The van der Waals surface area contributed by atoms with Gasteiger partial charge in [0.1, 0.15) is 11.0 Å². The molecule has 7 nitrogen and oxygen atoms in total. The first-order valence-corrected chi connectivity index (χ1v) is 13.5. The van der Waals surface area contributed by atoms with Gasteiger partial charge in [0, 0.05) is 23.6 Å². The highest BCUT2D eigenvalue weighted by atomic mass is 35.5. The van der Waals surface area contributed by atoms with E-state index in [4.69, 9.17) is 21.4 Å². The lowest BCUT2D eigenvalue weighted by atomic mass is 9.98. The van der Waals surface area contributed by atoms with E-state index >= 15 is 0 Å². The predicted molar refractivity (Wildman–Crippen MR) is 153 cm³/mol. The van der Waals surface area contributed by atoms with Crippen LogP contribution >= 0.6 is 23.4 Å². The Hall–Kier alpha value is -3.62. The third kappa shape index (κ3) is 5.61. The number of aliphatic imine (C=N–C) groups is 1. The van der Waals surface area contributed by atoms with Crippen LogP contribution in [-0.2, 0) is 9.59 Å². The van der Waals surface area contributed by atoms with Crippen molar-refractivity contribution >= 4 is 51.7 Å². The van der Waals surface area contributed by atoms with Crippen LogP contribution in [-0.4, -0.2) is 40.1 Å². The number of rotatable bonds is 6. The summed E-state index contributed by atoms with van der Waals surface area (Å²) in [5.74, 6) is 0.207. The molecule has 194 valence electrons. The predicted octanol–water partition coefficient (Wildman–Crippen LogP) is 6.14. The molecule has 3 aromatic carbocycles. The van der Waals surface area contributed by atoms with Gasteiger partial charge in [-0.3, -0.25) is 9.59 Å². The fraction of sp³-hybridized carbons (Fsp3) is 0.241. The minimum absolute atomic E-state index is 0.0257. The Kier molecular flexibility index (Phi) is 7.53. The Morgan fingerprint density at radius 1 is 1.08 bits per heavy atom. The van der Waals surface area contributed by atoms with Gasteiger partial charge in [0.2, 0.25) is 5.91 Å². The van der Waals surface area contributed by atoms with E-state index in [1.165, 1.54) is 11.8 Å². The highest BCUT2D eigenvalue weighted by Crippen LogP contribution is 2.39. The average Bonchev–Trinajstić information content (AvgIpc) is 3.51. The Morgan fingerprint density at radius 2 is 1.82 bits per heavy atom. The molecule has 0 aromatic heterocycles. The molecule has 2 amide bonds. The van der Waals surface area contributed by atoms with Crippen LogP contribution in [0.1, 0.15) is 41.1 Å². The van der Waals surface area contributed by atoms with Crippen molar-refractivity contribution in [2.75, 3.05) is 12.4 Å². The number of nitrogens with zero attached hydrogens (tertiary/aromatic N) is 3. The number of benzene rings is 3. The lowest BCUT2D eigenvalue weighted by molar-refractivity contribution is -0.121. The molecule has 2 aliphatic heterocycles. The van der Waals surface area contributed by atoms with E-state index in [0.717, 1.165) is 33.7 Å². The second-order valence-electron chi connectivity index (χ2n) is 9.28. The molecule has 2 atom stereocenters. The molecule has 0 saturated heterocycles. The van der Waals surface area contributed by atoms with Crippen molar-refractivity contribution in [3.63, 3.8) is 0 Å². The van der Waals surface area contributed by atoms with Crippen molar-refractivity contribution in [2.45, 2.75) is 38.0 Å². The third-order valence-electron chi connectivity index (χ3n) is 6.67. The number of ether oxygens (including phenoxy) is 1. The van der Waals surface area contributed by atoms with Crippen molar-refractivity contribution in [1.82, 2.24) is 5.01 Å². The smallest absolute Gasteiger partial charge is 0.262 e. The van der Waals surface area contributed by atoms with Crippen molar-refractivity contribution in [1.29, 1.82) is 0 Å². The monoisotopic (exact) mass is 546 g/mol. The molecule has 2 heterocycles. The number of halogens is 1. The molecule has 0 saturated carbocycles. The summed E-state index contributed by atoms with van der Waals surface area (Å²) in [7, 11) is 1.63. The second-order valence-corrected chi connectivity index (χ2v) is 10.9. The molecular formula is C29H27ClN4O3S. The maximum Gasteiger partial charge on any atom is 0.262 e. The molecule has 0 bridgehead atoms. The van der Waals surface area contributed by atoms with Crippen LogP contribution in [0.15, 0.2) is 76.8 Å². The van der Waals surface area contributed by atoms with E-state index in [-0.39, 0.29) is 24.3 Å². The van der Waals surface area contributed by atoms with Gasteiger partial charge in [0.15, 0.2) is 5.17 Å². The topological polar surface area (TPSA) is 83.4 Å². The molecule has 9 heteroatoms. The van der Waals surface area contributed by atoms with Gasteiger partial charge in [-0.25, -0.2) is 5.01 Å². The molecule has 5 rings (SSSR count). The molecule has 0 radical (unpaired) electrons. The van der Waals surface area contributed by atoms with Gasteiger partial charge in [-0.15, -0.1) is 0 Å². The number of amidine groups is 1. The molecule has 2 aliphatic rings. The van der Waals surface area contributed by atoms with Crippen molar-refractivity contribution in [3.8, 4) is 5.75 Å². The fourth-order valence-electron chi connectivity index (χ4n) is 4.39. The highest BCUT2D eigenvalue weighted by molar-refractivity contribution is 8.15. The van der Waals surface area contributed by atoms with Crippen molar-refractivity contribution in [3.05, 3.63) is 94.0 Å². The summed E-state index contributed by atoms with van der Waals surface area (Å²) >= 11 is 7.41. The summed E-state index contributed by atoms with van der Waals surface area (Å²) in [6.45, 7) is 4.02. The van der Waals surface area contributed by atoms with Crippen LogP contribution in [0.2, 0.25) is 5.02 Å². The first-order valence-electron chi connectivity index (χ1n) is 12.2. The number of thioether (sulfide) groups is 1. The lowest BCUT2D eigenvalue weighted by Gasteiger charge is -2.23. The van der Waals surface area contributed by atoms with Gasteiger partial charge >= 0.3 is 0 Å². The number of nitrogens with one attached hydrogen (secondary N) is 1. The zero-order valence-corrected chi connectivity index (χ0v) is 22.8. The van der Waals surface area contributed by atoms with Crippen LogP contribution < -0.4 is 10.1 Å². The molecular weight excluding hydrogens is 520 g/mol. The van der Waals surface area contributed by atoms with Crippen molar-refractivity contribution < 1.29 is 14.3 Å². The number of hydrogen-bond donors (Lipinski definition) is 1. The van der Waals surface area contributed by atoms with Gasteiger partial charge < -0.3 is 10.1 Å². The van der Waals surface area contributed by atoms with E-state index in [9.17, 15) is 9.59 Å². The summed E-state index contributed by atoms with van der Waals surface area (Å²) in [5, 5.41) is 10.1. The number of carbonyl (C=O) groups excluding carboxylic acids is 2. The maximum atomic E-state index is 12.8. The molecule has 0 aliphatic carbocycles. The first-order chi connectivity index (χ1) is 18.3. The number of methoxy groups -OCH3 is 1. The first kappa shape index (κ1) is 26.0. The zero-order chi connectivity index (χ0) is 26.8. The van der Waals surface area contributed by atoms with Gasteiger partial charge in [-0.05, 0) is 84.6 Å². The Balaban J connectivity index is 1.34. The minimum atomic E-state index is -0.609. The fourth-order valence-corrected chi connectivity index (χ4v) is 5.58. The number of anilines is 1.